The molecule has 0 atom stereocenters. The van der Waals surface area contributed by atoms with Gasteiger partial charge in [-0.25, -0.2) is 0 Å². The summed E-state index contributed by atoms with van der Waals surface area (Å²) >= 11 is 0. The smallest absolute Gasteiger partial charge is 0.306 e. The van der Waals surface area contributed by atoms with E-state index in [-0.39, 0.29) is 36.0 Å². The Morgan fingerprint density at radius 1 is 1.35 bits per heavy atom. The average molecular weight is 397 g/mol. The van der Waals surface area contributed by atoms with Crippen molar-refractivity contribution in [3.8, 4) is 0 Å². The van der Waals surface area contributed by atoms with Gasteiger partial charge in [-0.2, -0.15) is 0 Å². The Labute approximate surface area is 139 Å². The summed E-state index contributed by atoms with van der Waals surface area (Å²) in [6.07, 6.45) is 7.93. The second-order valence-electron chi connectivity index (χ2n) is 5.05. The number of guanidine groups is 1. The molecule has 0 unspecified atom stereocenters. The molecule has 20 heavy (non-hydrogen) atoms. The SMILES string of the molecule is CCCCNC(N)=NCCCC(=O)OC1CCCC1.I. The Balaban J connectivity index is 0.00000361. The maximum absolute atomic E-state index is 11.5. The van der Waals surface area contributed by atoms with Crippen LogP contribution in [-0.2, 0) is 9.53 Å². The minimum absolute atomic E-state index is 0. The van der Waals surface area contributed by atoms with E-state index in [4.69, 9.17) is 10.5 Å². The Bertz CT molecular complexity index is 292. The van der Waals surface area contributed by atoms with Gasteiger partial charge in [0.2, 0.25) is 0 Å². The van der Waals surface area contributed by atoms with Gasteiger partial charge < -0.3 is 15.8 Å². The summed E-state index contributed by atoms with van der Waals surface area (Å²) < 4.78 is 5.36. The number of nitrogens with one attached hydrogen (secondary N) is 1. The number of rotatable bonds is 8. The number of carbonyl (C=O) groups excluding carboxylic acids is 1. The van der Waals surface area contributed by atoms with Crippen molar-refractivity contribution in [3.63, 3.8) is 0 Å². The van der Waals surface area contributed by atoms with Crippen LogP contribution in [0, 0.1) is 0 Å². The lowest BCUT2D eigenvalue weighted by Crippen LogP contribution is -2.32. The molecule has 0 aromatic heterocycles. The van der Waals surface area contributed by atoms with Crippen LogP contribution in [0.4, 0.5) is 0 Å². The molecule has 0 bridgehead atoms. The fourth-order valence-corrected chi connectivity index (χ4v) is 2.12. The van der Waals surface area contributed by atoms with Gasteiger partial charge in [-0.15, -0.1) is 24.0 Å². The van der Waals surface area contributed by atoms with Gasteiger partial charge in [0.1, 0.15) is 6.10 Å². The second kappa shape index (κ2) is 12.2. The number of ether oxygens (including phenoxy) is 1. The Morgan fingerprint density at radius 2 is 2.05 bits per heavy atom. The predicted octanol–water partition coefficient (Wildman–Crippen LogP) is 2.57. The summed E-state index contributed by atoms with van der Waals surface area (Å²) in [7, 11) is 0. The lowest BCUT2D eigenvalue weighted by Gasteiger charge is -2.10. The van der Waals surface area contributed by atoms with Crippen molar-refractivity contribution in [1.82, 2.24) is 5.32 Å². The van der Waals surface area contributed by atoms with Crippen LogP contribution in [0.25, 0.3) is 0 Å². The summed E-state index contributed by atoms with van der Waals surface area (Å²) in [5, 5.41) is 3.04. The number of esters is 1. The highest BCUT2D eigenvalue weighted by atomic mass is 127. The van der Waals surface area contributed by atoms with E-state index in [0.717, 1.165) is 32.2 Å². The number of nitrogens with two attached hydrogens (primary N) is 1. The Morgan fingerprint density at radius 3 is 2.70 bits per heavy atom. The number of nitrogens with zero attached hydrogens (tertiary/aromatic N) is 1. The molecule has 1 fully saturated rings. The number of halogens is 1. The van der Waals surface area contributed by atoms with Crippen LogP contribution in [0.3, 0.4) is 0 Å². The molecule has 0 heterocycles. The van der Waals surface area contributed by atoms with Crippen LogP contribution in [-0.4, -0.2) is 31.1 Å². The van der Waals surface area contributed by atoms with Crippen LogP contribution in [0.15, 0.2) is 4.99 Å². The molecule has 0 radical (unpaired) electrons. The summed E-state index contributed by atoms with van der Waals surface area (Å²) in [6.45, 7) is 3.56. The van der Waals surface area contributed by atoms with Crippen molar-refractivity contribution in [3.05, 3.63) is 0 Å². The zero-order valence-electron chi connectivity index (χ0n) is 12.4. The zero-order valence-corrected chi connectivity index (χ0v) is 14.7. The van der Waals surface area contributed by atoms with E-state index in [2.05, 4.69) is 17.2 Å². The first-order valence-corrected chi connectivity index (χ1v) is 7.45. The third-order valence-corrected chi connectivity index (χ3v) is 3.26. The van der Waals surface area contributed by atoms with Crippen molar-refractivity contribution in [2.24, 2.45) is 10.7 Å². The zero-order chi connectivity index (χ0) is 13.9. The maximum Gasteiger partial charge on any atom is 0.306 e. The minimum Gasteiger partial charge on any atom is -0.462 e. The molecular weight excluding hydrogens is 369 g/mol. The predicted molar refractivity (Wildman–Crippen MR) is 92.4 cm³/mol. The van der Waals surface area contributed by atoms with Gasteiger partial charge in [-0.1, -0.05) is 13.3 Å². The summed E-state index contributed by atoms with van der Waals surface area (Å²) in [6, 6.07) is 0. The third kappa shape index (κ3) is 9.39. The number of hydrogen-bond acceptors (Lipinski definition) is 3. The monoisotopic (exact) mass is 397 g/mol. The number of aliphatic imine (C=N–C) groups is 1. The van der Waals surface area contributed by atoms with E-state index < -0.39 is 0 Å². The first kappa shape index (κ1) is 19.5. The lowest BCUT2D eigenvalue weighted by molar-refractivity contribution is -0.148. The third-order valence-electron chi connectivity index (χ3n) is 3.26. The quantitative estimate of drug-likeness (QED) is 0.217. The molecule has 0 aliphatic heterocycles. The molecule has 6 heteroatoms. The Kier molecular flexibility index (Phi) is 11.9. The molecule has 1 aliphatic rings. The van der Waals surface area contributed by atoms with Gasteiger partial charge in [0.05, 0.1) is 0 Å². The number of hydrogen-bond donors (Lipinski definition) is 2. The molecule has 5 nitrogen and oxygen atoms in total. The van der Waals surface area contributed by atoms with E-state index in [1.54, 1.807) is 0 Å². The lowest BCUT2D eigenvalue weighted by atomic mass is 10.3. The second-order valence-corrected chi connectivity index (χ2v) is 5.05. The van der Waals surface area contributed by atoms with Crippen molar-refractivity contribution >= 4 is 35.9 Å². The first-order chi connectivity index (χ1) is 9.22. The maximum atomic E-state index is 11.5. The molecule has 0 saturated heterocycles. The largest absolute Gasteiger partial charge is 0.462 e. The van der Waals surface area contributed by atoms with E-state index in [1.807, 2.05) is 0 Å². The molecule has 0 amide bonds. The van der Waals surface area contributed by atoms with Crippen LogP contribution >= 0.6 is 24.0 Å². The molecule has 118 valence electrons. The van der Waals surface area contributed by atoms with Gasteiger partial charge in [0.25, 0.3) is 0 Å². The van der Waals surface area contributed by atoms with Crippen LogP contribution in [0.2, 0.25) is 0 Å². The minimum atomic E-state index is -0.0976. The van der Waals surface area contributed by atoms with Gasteiger partial charge >= 0.3 is 5.97 Å². The highest BCUT2D eigenvalue weighted by Gasteiger charge is 2.18. The normalized spacial score (nSPS) is 15.8. The fourth-order valence-electron chi connectivity index (χ4n) is 2.12. The average Bonchev–Trinajstić information content (AvgIpc) is 2.88. The van der Waals surface area contributed by atoms with Crippen molar-refractivity contribution < 1.29 is 9.53 Å². The van der Waals surface area contributed by atoms with Crippen LogP contribution < -0.4 is 11.1 Å². The van der Waals surface area contributed by atoms with Crippen molar-refractivity contribution in [2.75, 3.05) is 13.1 Å². The van der Waals surface area contributed by atoms with Gasteiger partial charge in [0.15, 0.2) is 5.96 Å². The van der Waals surface area contributed by atoms with Crippen LogP contribution in [0.1, 0.15) is 58.3 Å². The number of carbonyl (C=O) groups is 1. The topological polar surface area (TPSA) is 76.7 Å². The summed E-state index contributed by atoms with van der Waals surface area (Å²) in [5.74, 6) is 0.372. The highest BCUT2D eigenvalue weighted by Crippen LogP contribution is 2.21. The summed E-state index contributed by atoms with van der Waals surface area (Å²) in [4.78, 5) is 15.7. The molecule has 1 aliphatic carbocycles. The first-order valence-electron chi connectivity index (χ1n) is 7.45. The van der Waals surface area contributed by atoms with Crippen molar-refractivity contribution in [1.29, 1.82) is 0 Å². The van der Waals surface area contributed by atoms with E-state index in [1.165, 1.54) is 12.8 Å². The van der Waals surface area contributed by atoms with E-state index in [9.17, 15) is 4.79 Å². The Hall–Kier alpha value is -0.530. The highest BCUT2D eigenvalue weighted by molar-refractivity contribution is 14.0. The standard InChI is InChI=1S/C14H27N3O2.HI/c1-2-3-10-16-14(15)17-11-6-9-13(18)19-12-7-4-5-8-12;/h12H,2-11H2,1H3,(H3,15,16,17);1H. The van der Waals surface area contributed by atoms with E-state index >= 15 is 0 Å². The molecule has 0 spiro atoms. The molecule has 0 aromatic rings. The molecule has 3 N–H and O–H groups in total. The fraction of sp³-hybridized carbons (Fsp3) is 0.857. The van der Waals surface area contributed by atoms with Gasteiger partial charge in [-0.05, 0) is 38.5 Å². The molecular formula is C14H28IN3O2. The van der Waals surface area contributed by atoms with Gasteiger partial charge in [0, 0.05) is 19.5 Å². The molecule has 1 rings (SSSR count). The number of unbranched alkanes of at least 4 members (excludes halogenated alkanes) is 1. The molecule has 0 aromatic carbocycles. The molecule has 1 saturated carbocycles. The van der Waals surface area contributed by atoms with Gasteiger partial charge in [-0.3, -0.25) is 9.79 Å². The summed E-state index contributed by atoms with van der Waals surface area (Å²) in [5.41, 5.74) is 5.69. The van der Waals surface area contributed by atoms with E-state index in [0.29, 0.717) is 25.3 Å². The van der Waals surface area contributed by atoms with Crippen molar-refractivity contribution in [2.45, 2.75) is 64.4 Å². The van der Waals surface area contributed by atoms with Crippen LogP contribution in [0.5, 0.6) is 0 Å².